The maximum atomic E-state index is 12.9. The molecule has 1 aliphatic heterocycles. The SMILES string of the molecule is O=C(NC(c1ccccc1)c1ccccc1)c1ccc(OC[C@H]2CCCO2)cc1. The fourth-order valence-corrected chi connectivity index (χ4v) is 3.53. The number of hydrogen-bond acceptors (Lipinski definition) is 3. The number of ether oxygens (including phenoxy) is 2. The molecule has 4 heteroatoms. The first-order valence-corrected chi connectivity index (χ1v) is 10.0. The quantitative estimate of drug-likeness (QED) is 0.636. The molecule has 0 radical (unpaired) electrons. The molecule has 1 amide bonds. The van der Waals surface area contributed by atoms with Crippen LogP contribution in [0.2, 0.25) is 0 Å². The normalized spacial score (nSPS) is 16.0. The molecule has 1 atom stereocenters. The fraction of sp³-hybridized carbons (Fsp3) is 0.240. The van der Waals surface area contributed by atoms with Crippen molar-refractivity contribution in [2.75, 3.05) is 13.2 Å². The highest BCUT2D eigenvalue weighted by Gasteiger charge is 2.18. The van der Waals surface area contributed by atoms with Crippen LogP contribution in [0.25, 0.3) is 0 Å². The lowest BCUT2D eigenvalue weighted by atomic mass is 9.98. The van der Waals surface area contributed by atoms with Crippen molar-refractivity contribution in [1.82, 2.24) is 5.32 Å². The lowest BCUT2D eigenvalue weighted by Gasteiger charge is -2.20. The first kappa shape index (κ1) is 19.2. The van der Waals surface area contributed by atoms with Gasteiger partial charge in [0.2, 0.25) is 0 Å². The molecule has 1 saturated heterocycles. The van der Waals surface area contributed by atoms with Crippen molar-refractivity contribution in [3.8, 4) is 5.75 Å². The molecule has 0 saturated carbocycles. The van der Waals surface area contributed by atoms with Crippen LogP contribution in [0.5, 0.6) is 5.75 Å². The topological polar surface area (TPSA) is 47.6 Å². The summed E-state index contributed by atoms with van der Waals surface area (Å²) in [4.78, 5) is 12.9. The Morgan fingerprint density at radius 1 is 0.931 bits per heavy atom. The van der Waals surface area contributed by atoms with E-state index in [0.717, 1.165) is 36.3 Å². The van der Waals surface area contributed by atoms with Crippen LogP contribution in [0.3, 0.4) is 0 Å². The van der Waals surface area contributed by atoms with Crippen LogP contribution in [0.15, 0.2) is 84.9 Å². The van der Waals surface area contributed by atoms with E-state index in [2.05, 4.69) is 5.32 Å². The number of benzene rings is 3. The van der Waals surface area contributed by atoms with Gasteiger partial charge in [-0.3, -0.25) is 4.79 Å². The van der Waals surface area contributed by atoms with Gasteiger partial charge in [-0.1, -0.05) is 60.7 Å². The summed E-state index contributed by atoms with van der Waals surface area (Å²) in [6.07, 6.45) is 2.31. The average molecular weight is 387 g/mol. The Morgan fingerprint density at radius 2 is 1.55 bits per heavy atom. The second kappa shape index (κ2) is 9.39. The zero-order chi connectivity index (χ0) is 19.9. The van der Waals surface area contributed by atoms with Crippen molar-refractivity contribution in [3.05, 3.63) is 102 Å². The monoisotopic (exact) mass is 387 g/mol. The Kier molecular flexibility index (Phi) is 6.22. The molecule has 1 aliphatic rings. The first-order chi connectivity index (χ1) is 14.3. The second-order valence-corrected chi connectivity index (χ2v) is 7.20. The van der Waals surface area contributed by atoms with Gasteiger partial charge in [0.05, 0.1) is 12.1 Å². The van der Waals surface area contributed by atoms with Gasteiger partial charge in [0.25, 0.3) is 5.91 Å². The summed E-state index contributed by atoms with van der Waals surface area (Å²) >= 11 is 0. The van der Waals surface area contributed by atoms with Gasteiger partial charge in [-0.2, -0.15) is 0 Å². The summed E-state index contributed by atoms with van der Waals surface area (Å²) in [5.74, 6) is 0.633. The highest BCUT2D eigenvalue weighted by Crippen LogP contribution is 2.23. The summed E-state index contributed by atoms with van der Waals surface area (Å²) in [6.45, 7) is 1.37. The van der Waals surface area contributed by atoms with E-state index in [4.69, 9.17) is 9.47 Å². The summed E-state index contributed by atoms with van der Waals surface area (Å²) in [5, 5.41) is 3.16. The third-order valence-corrected chi connectivity index (χ3v) is 5.12. The Bertz CT molecular complexity index is 864. The zero-order valence-electron chi connectivity index (χ0n) is 16.3. The highest BCUT2D eigenvalue weighted by molar-refractivity contribution is 5.94. The van der Waals surface area contributed by atoms with Crippen molar-refractivity contribution in [1.29, 1.82) is 0 Å². The van der Waals surface area contributed by atoms with Crippen molar-refractivity contribution in [3.63, 3.8) is 0 Å². The number of carbonyl (C=O) groups is 1. The molecule has 148 valence electrons. The molecule has 0 aromatic heterocycles. The van der Waals surface area contributed by atoms with E-state index < -0.39 is 0 Å². The largest absolute Gasteiger partial charge is 0.491 e. The van der Waals surface area contributed by atoms with Crippen LogP contribution in [0, 0.1) is 0 Å². The predicted octanol–water partition coefficient (Wildman–Crippen LogP) is 4.76. The number of amides is 1. The maximum Gasteiger partial charge on any atom is 0.252 e. The standard InChI is InChI=1S/C25H25NO3/c27-25(21-13-15-22(16-14-21)29-18-23-12-7-17-28-23)26-24(19-8-3-1-4-9-19)20-10-5-2-6-11-20/h1-6,8-11,13-16,23-24H,7,12,17-18H2,(H,26,27)/t23-/m1/s1. The summed E-state index contributed by atoms with van der Waals surface area (Å²) in [5.41, 5.74) is 2.69. The van der Waals surface area contributed by atoms with Gasteiger partial charge in [0.1, 0.15) is 12.4 Å². The van der Waals surface area contributed by atoms with Gasteiger partial charge in [0, 0.05) is 12.2 Å². The molecule has 1 fully saturated rings. The highest BCUT2D eigenvalue weighted by atomic mass is 16.5. The van der Waals surface area contributed by atoms with E-state index in [1.807, 2.05) is 72.8 Å². The minimum atomic E-state index is -0.208. The van der Waals surface area contributed by atoms with E-state index in [0.29, 0.717) is 12.2 Å². The number of rotatable bonds is 7. The molecule has 4 nitrogen and oxygen atoms in total. The van der Waals surface area contributed by atoms with Crippen molar-refractivity contribution in [2.45, 2.75) is 25.0 Å². The Hall–Kier alpha value is -3.11. The third kappa shape index (κ3) is 5.04. The van der Waals surface area contributed by atoms with E-state index in [9.17, 15) is 4.79 Å². The van der Waals surface area contributed by atoms with Crippen LogP contribution in [-0.4, -0.2) is 25.2 Å². The molecule has 3 aromatic rings. The summed E-state index contributed by atoms with van der Waals surface area (Å²) < 4.78 is 11.4. The zero-order valence-corrected chi connectivity index (χ0v) is 16.3. The lowest BCUT2D eigenvalue weighted by molar-refractivity contribution is 0.0679. The second-order valence-electron chi connectivity index (χ2n) is 7.20. The third-order valence-electron chi connectivity index (χ3n) is 5.12. The van der Waals surface area contributed by atoms with Gasteiger partial charge in [-0.25, -0.2) is 0 Å². The van der Waals surface area contributed by atoms with Gasteiger partial charge in [-0.15, -0.1) is 0 Å². The van der Waals surface area contributed by atoms with Crippen molar-refractivity contribution in [2.24, 2.45) is 0 Å². The molecule has 29 heavy (non-hydrogen) atoms. The maximum absolute atomic E-state index is 12.9. The molecular formula is C25H25NO3. The molecule has 1 N–H and O–H groups in total. The predicted molar refractivity (Wildman–Crippen MR) is 113 cm³/mol. The molecule has 0 spiro atoms. The van der Waals surface area contributed by atoms with E-state index in [1.54, 1.807) is 12.1 Å². The molecule has 4 rings (SSSR count). The van der Waals surface area contributed by atoms with E-state index in [-0.39, 0.29) is 18.1 Å². The smallest absolute Gasteiger partial charge is 0.252 e. The van der Waals surface area contributed by atoms with Crippen molar-refractivity contribution < 1.29 is 14.3 Å². The number of hydrogen-bond donors (Lipinski definition) is 1. The Labute approximate surface area is 171 Å². The molecular weight excluding hydrogens is 362 g/mol. The van der Waals surface area contributed by atoms with Crippen LogP contribution in [0.1, 0.15) is 40.4 Å². The molecule has 0 bridgehead atoms. The Balaban J connectivity index is 1.44. The van der Waals surface area contributed by atoms with Crippen LogP contribution in [-0.2, 0) is 4.74 Å². The lowest BCUT2D eigenvalue weighted by Crippen LogP contribution is -2.29. The van der Waals surface area contributed by atoms with Crippen LogP contribution >= 0.6 is 0 Å². The first-order valence-electron chi connectivity index (χ1n) is 10.0. The van der Waals surface area contributed by atoms with Crippen LogP contribution in [0.4, 0.5) is 0 Å². The minimum Gasteiger partial charge on any atom is -0.491 e. The average Bonchev–Trinajstić information content (AvgIpc) is 3.31. The molecule has 1 heterocycles. The van der Waals surface area contributed by atoms with Gasteiger partial charge in [-0.05, 0) is 48.2 Å². The number of nitrogens with one attached hydrogen (secondary N) is 1. The van der Waals surface area contributed by atoms with Crippen molar-refractivity contribution >= 4 is 5.91 Å². The molecule has 0 unspecified atom stereocenters. The summed E-state index contributed by atoms with van der Waals surface area (Å²) in [7, 11) is 0. The number of carbonyl (C=O) groups excluding carboxylic acids is 1. The van der Waals surface area contributed by atoms with Crippen LogP contribution < -0.4 is 10.1 Å². The van der Waals surface area contributed by atoms with Gasteiger partial charge < -0.3 is 14.8 Å². The Morgan fingerprint density at radius 3 is 2.10 bits per heavy atom. The molecule has 3 aromatic carbocycles. The van der Waals surface area contributed by atoms with Gasteiger partial charge in [0.15, 0.2) is 0 Å². The van der Waals surface area contributed by atoms with Gasteiger partial charge >= 0.3 is 0 Å². The van der Waals surface area contributed by atoms with E-state index in [1.165, 1.54) is 0 Å². The fourth-order valence-electron chi connectivity index (χ4n) is 3.53. The summed E-state index contributed by atoms with van der Waals surface area (Å²) in [6, 6.07) is 27.1. The molecule has 0 aliphatic carbocycles. The minimum absolute atomic E-state index is 0.117. The van der Waals surface area contributed by atoms with E-state index >= 15 is 0 Å².